The molecule has 3 aliphatic rings. The number of nitrogens with two attached hydrogens (primary N) is 1. The van der Waals surface area contributed by atoms with E-state index in [2.05, 4.69) is 22.5 Å². The Morgan fingerprint density at radius 1 is 1.06 bits per heavy atom. The van der Waals surface area contributed by atoms with E-state index >= 15 is 0 Å². The normalized spacial score (nSPS) is 29.6. The fourth-order valence-electron chi connectivity index (χ4n) is 6.79. The van der Waals surface area contributed by atoms with Gasteiger partial charge in [-0.25, -0.2) is 0 Å². The van der Waals surface area contributed by atoms with Gasteiger partial charge in [-0.15, -0.1) is 0 Å². The van der Waals surface area contributed by atoms with Crippen molar-refractivity contribution < 1.29 is 9.59 Å². The first-order chi connectivity index (χ1) is 16.8. The first-order valence-corrected chi connectivity index (χ1v) is 13.2. The maximum absolute atomic E-state index is 13.5. The number of benzene rings is 1. The molecular formula is C28H35ClN4O2. The topological polar surface area (TPSA) is 97.1 Å². The number of amides is 2. The Morgan fingerprint density at radius 2 is 1.77 bits per heavy atom. The highest BCUT2D eigenvalue weighted by molar-refractivity contribution is 6.30. The summed E-state index contributed by atoms with van der Waals surface area (Å²) in [7, 11) is 0. The van der Waals surface area contributed by atoms with Crippen molar-refractivity contribution in [1.29, 1.82) is 0 Å². The van der Waals surface area contributed by atoms with Gasteiger partial charge in [0.2, 0.25) is 11.8 Å². The summed E-state index contributed by atoms with van der Waals surface area (Å²) in [6.07, 6.45) is 9.81. The van der Waals surface area contributed by atoms with Gasteiger partial charge in [-0.1, -0.05) is 30.7 Å². The summed E-state index contributed by atoms with van der Waals surface area (Å²) in [4.78, 5) is 30.7. The molecule has 2 amide bonds. The van der Waals surface area contributed by atoms with Crippen LogP contribution in [0.15, 0.2) is 48.8 Å². The lowest BCUT2D eigenvalue weighted by Crippen LogP contribution is -2.53. The maximum atomic E-state index is 13.5. The van der Waals surface area contributed by atoms with Crippen molar-refractivity contribution in [1.82, 2.24) is 10.3 Å². The number of fused-ring (bicyclic) bond motifs is 2. The van der Waals surface area contributed by atoms with E-state index in [1.165, 1.54) is 0 Å². The highest BCUT2D eigenvalue weighted by atomic mass is 35.5. The van der Waals surface area contributed by atoms with Crippen LogP contribution >= 0.6 is 11.6 Å². The van der Waals surface area contributed by atoms with Crippen LogP contribution in [0.4, 0.5) is 5.69 Å². The monoisotopic (exact) mass is 494 g/mol. The van der Waals surface area contributed by atoms with E-state index in [0.717, 1.165) is 56.2 Å². The number of anilines is 1. The van der Waals surface area contributed by atoms with Gasteiger partial charge < -0.3 is 16.4 Å². The molecule has 2 bridgehead atoms. The first kappa shape index (κ1) is 24.3. The standard InChI is InChI=1S/C28H35ClN4O2/c1-18-12-19-13-20(16-27(14-18,15-19)25(34)33-23-6-10-31-11-7-23)24(30)17-32-26(35)28(8-9-28)21-2-4-22(29)5-3-21/h2-7,10-11,18-20,24H,8-9,12-17,30H2,1H3,(H,32,35)(H,31,33,34). The number of pyridine rings is 1. The van der Waals surface area contributed by atoms with Crippen LogP contribution in [0.25, 0.3) is 0 Å². The van der Waals surface area contributed by atoms with E-state index < -0.39 is 10.8 Å². The molecule has 7 heteroatoms. The second kappa shape index (κ2) is 9.55. The van der Waals surface area contributed by atoms with Crippen molar-refractivity contribution in [2.45, 2.75) is 63.3 Å². The zero-order valence-electron chi connectivity index (χ0n) is 20.3. The van der Waals surface area contributed by atoms with Crippen molar-refractivity contribution in [3.05, 3.63) is 59.4 Å². The zero-order chi connectivity index (χ0) is 24.6. The van der Waals surface area contributed by atoms with Gasteiger partial charge in [0, 0.05) is 35.7 Å². The van der Waals surface area contributed by atoms with E-state index in [1.54, 1.807) is 12.4 Å². The average molecular weight is 495 g/mol. The van der Waals surface area contributed by atoms with Crippen molar-refractivity contribution in [2.24, 2.45) is 28.9 Å². The molecule has 3 fully saturated rings. The minimum Gasteiger partial charge on any atom is -0.354 e. The third-order valence-corrected chi connectivity index (χ3v) is 8.80. The highest BCUT2D eigenvalue weighted by Crippen LogP contribution is 2.54. The summed E-state index contributed by atoms with van der Waals surface area (Å²) in [6.45, 7) is 2.69. The molecular weight excluding hydrogens is 460 g/mol. The molecule has 5 atom stereocenters. The minimum atomic E-state index is -0.450. The zero-order valence-corrected chi connectivity index (χ0v) is 21.1. The number of carbonyl (C=O) groups is 2. The number of nitrogens with zero attached hydrogens (tertiary/aromatic N) is 1. The molecule has 1 aromatic carbocycles. The predicted octanol–water partition coefficient (Wildman–Crippen LogP) is 4.68. The average Bonchev–Trinajstić information content (AvgIpc) is 3.65. The number of rotatable bonds is 7. The molecule has 1 aromatic heterocycles. The summed E-state index contributed by atoms with van der Waals surface area (Å²) in [5, 5.41) is 6.96. The second-order valence-corrected chi connectivity index (χ2v) is 11.7. The second-order valence-electron chi connectivity index (χ2n) is 11.2. The van der Waals surface area contributed by atoms with E-state index in [4.69, 9.17) is 17.3 Å². The lowest BCUT2D eigenvalue weighted by Gasteiger charge is -2.50. The summed E-state index contributed by atoms with van der Waals surface area (Å²) in [5.41, 5.74) is 7.64. The largest absolute Gasteiger partial charge is 0.354 e. The summed E-state index contributed by atoms with van der Waals surface area (Å²) in [6, 6.07) is 11.1. The molecule has 0 radical (unpaired) electrons. The van der Waals surface area contributed by atoms with Gasteiger partial charge in [0.1, 0.15) is 0 Å². The molecule has 0 aliphatic heterocycles. The molecule has 5 rings (SSSR count). The summed E-state index contributed by atoms with van der Waals surface area (Å²) >= 11 is 6.03. The van der Waals surface area contributed by atoms with E-state index in [-0.39, 0.29) is 23.8 Å². The Labute approximate surface area is 212 Å². The molecule has 3 aliphatic carbocycles. The molecule has 3 saturated carbocycles. The Bertz CT molecular complexity index is 1070. The van der Waals surface area contributed by atoms with Crippen LogP contribution < -0.4 is 16.4 Å². The van der Waals surface area contributed by atoms with Gasteiger partial charge in [0.05, 0.1) is 10.8 Å². The van der Waals surface area contributed by atoms with Crippen LogP contribution in [0.3, 0.4) is 0 Å². The predicted molar refractivity (Wildman–Crippen MR) is 138 cm³/mol. The van der Waals surface area contributed by atoms with Gasteiger partial charge in [0.25, 0.3) is 0 Å². The smallest absolute Gasteiger partial charge is 0.230 e. The molecule has 186 valence electrons. The molecule has 2 aromatic rings. The highest BCUT2D eigenvalue weighted by Gasteiger charge is 2.52. The lowest BCUT2D eigenvalue weighted by molar-refractivity contribution is -0.134. The van der Waals surface area contributed by atoms with Crippen molar-refractivity contribution in [3.63, 3.8) is 0 Å². The summed E-state index contributed by atoms with van der Waals surface area (Å²) < 4.78 is 0. The number of aromatic nitrogens is 1. The molecule has 0 saturated heterocycles. The van der Waals surface area contributed by atoms with Crippen molar-refractivity contribution >= 4 is 29.1 Å². The Kier molecular flexibility index (Phi) is 6.62. The van der Waals surface area contributed by atoms with Gasteiger partial charge in [0.15, 0.2) is 0 Å². The lowest BCUT2D eigenvalue weighted by atomic mass is 9.55. The van der Waals surface area contributed by atoms with Crippen LogP contribution in [-0.4, -0.2) is 29.4 Å². The van der Waals surface area contributed by atoms with Crippen LogP contribution in [0.2, 0.25) is 5.02 Å². The van der Waals surface area contributed by atoms with Gasteiger partial charge >= 0.3 is 0 Å². The van der Waals surface area contributed by atoms with E-state index in [0.29, 0.717) is 23.4 Å². The third-order valence-electron chi connectivity index (χ3n) is 8.55. The van der Waals surface area contributed by atoms with E-state index in [1.807, 2.05) is 36.4 Å². The Hall–Kier alpha value is -2.44. The quantitative estimate of drug-likeness (QED) is 0.520. The minimum absolute atomic E-state index is 0.0463. The molecule has 0 spiro atoms. The number of hydrogen-bond donors (Lipinski definition) is 3. The number of nitrogens with one attached hydrogen (secondary N) is 2. The van der Waals surface area contributed by atoms with Crippen LogP contribution in [-0.2, 0) is 15.0 Å². The van der Waals surface area contributed by atoms with Gasteiger partial charge in [-0.2, -0.15) is 0 Å². The van der Waals surface area contributed by atoms with E-state index in [9.17, 15) is 9.59 Å². The number of carbonyl (C=O) groups excluding carboxylic acids is 2. The number of hydrogen-bond acceptors (Lipinski definition) is 4. The van der Waals surface area contributed by atoms with Gasteiger partial charge in [-0.05, 0) is 92.5 Å². The molecule has 5 unspecified atom stereocenters. The van der Waals surface area contributed by atoms with Crippen LogP contribution in [0, 0.1) is 23.2 Å². The SMILES string of the molecule is CC1CC2CC(C(N)CNC(=O)C3(c4ccc(Cl)cc4)CC3)CC(C(=O)Nc3ccncc3)(C1)C2. The summed E-state index contributed by atoms with van der Waals surface area (Å²) in [5.74, 6) is 1.36. The third kappa shape index (κ3) is 4.96. The molecule has 1 heterocycles. The van der Waals surface area contributed by atoms with Crippen LogP contribution in [0.5, 0.6) is 0 Å². The fraction of sp³-hybridized carbons (Fsp3) is 0.536. The molecule has 6 nitrogen and oxygen atoms in total. The molecule has 4 N–H and O–H groups in total. The van der Waals surface area contributed by atoms with Crippen LogP contribution in [0.1, 0.15) is 57.4 Å². The van der Waals surface area contributed by atoms with Crippen molar-refractivity contribution in [3.8, 4) is 0 Å². The Balaban J connectivity index is 1.24. The van der Waals surface area contributed by atoms with Gasteiger partial charge in [-0.3, -0.25) is 14.6 Å². The first-order valence-electron chi connectivity index (χ1n) is 12.8. The fourth-order valence-corrected chi connectivity index (χ4v) is 6.91. The van der Waals surface area contributed by atoms with Crippen molar-refractivity contribution in [2.75, 3.05) is 11.9 Å². The molecule has 35 heavy (non-hydrogen) atoms. The number of halogens is 1. The maximum Gasteiger partial charge on any atom is 0.230 e. The Morgan fingerprint density at radius 3 is 2.46 bits per heavy atom.